The van der Waals surface area contributed by atoms with Crippen LogP contribution in [-0.2, 0) is 4.79 Å². The molecule has 0 radical (unpaired) electrons. The van der Waals surface area contributed by atoms with Crippen LogP contribution in [-0.4, -0.2) is 32.8 Å². The Morgan fingerprint density at radius 2 is 1.56 bits per heavy atom. The molecular weight excluding hydrogens is 318 g/mol. The summed E-state index contributed by atoms with van der Waals surface area (Å²) in [4.78, 5) is 11.9. The van der Waals surface area contributed by atoms with Gasteiger partial charge in [-0.05, 0) is 61.7 Å². The van der Waals surface area contributed by atoms with Crippen molar-refractivity contribution >= 4 is 5.91 Å². The Kier molecular flexibility index (Phi) is 6.69. The molecule has 1 N–H and O–H groups in total. The second kappa shape index (κ2) is 8.97. The summed E-state index contributed by atoms with van der Waals surface area (Å²) in [6, 6.07) is 11.4. The number of aryl methyl sites for hydroxylation is 2. The molecule has 2 aromatic carbocycles. The molecule has 0 aliphatic heterocycles. The maximum absolute atomic E-state index is 11.9. The zero-order chi connectivity index (χ0) is 18.2. The van der Waals surface area contributed by atoms with Crippen LogP contribution in [0, 0.1) is 20.8 Å². The van der Waals surface area contributed by atoms with E-state index in [0.29, 0.717) is 13.2 Å². The molecule has 0 spiro atoms. The van der Waals surface area contributed by atoms with E-state index >= 15 is 0 Å². The lowest BCUT2D eigenvalue weighted by Crippen LogP contribution is -2.32. The fourth-order valence-corrected chi connectivity index (χ4v) is 2.37. The molecule has 0 aliphatic rings. The quantitative estimate of drug-likeness (QED) is 0.748. The summed E-state index contributed by atoms with van der Waals surface area (Å²) < 4.78 is 16.3. The minimum atomic E-state index is -0.168. The normalized spacial score (nSPS) is 10.2. The summed E-state index contributed by atoms with van der Waals surface area (Å²) >= 11 is 0. The van der Waals surface area contributed by atoms with Gasteiger partial charge in [0, 0.05) is 0 Å². The molecule has 0 bridgehead atoms. The van der Waals surface area contributed by atoms with Crippen LogP contribution in [0.2, 0.25) is 0 Å². The zero-order valence-electron chi connectivity index (χ0n) is 15.2. The molecule has 0 fully saturated rings. The Labute approximate surface area is 148 Å². The third kappa shape index (κ3) is 5.41. The van der Waals surface area contributed by atoms with Crippen molar-refractivity contribution in [1.29, 1.82) is 0 Å². The molecule has 5 nitrogen and oxygen atoms in total. The average molecular weight is 343 g/mol. The Bertz CT molecular complexity index is 710. The second-order valence-electron chi connectivity index (χ2n) is 5.82. The van der Waals surface area contributed by atoms with Crippen LogP contribution in [0.3, 0.4) is 0 Å². The van der Waals surface area contributed by atoms with Crippen LogP contribution in [0.15, 0.2) is 36.4 Å². The first-order chi connectivity index (χ1) is 12.0. The zero-order valence-corrected chi connectivity index (χ0v) is 15.2. The number of benzene rings is 2. The van der Waals surface area contributed by atoms with E-state index in [1.54, 1.807) is 7.11 Å². The third-order valence-electron chi connectivity index (χ3n) is 3.97. The van der Waals surface area contributed by atoms with Gasteiger partial charge in [-0.3, -0.25) is 4.79 Å². The van der Waals surface area contributed by atoms with Crippen LogP contribution in [0.1, 0.15) is 16.7 Å². The van der Waals surface area contributed by atoms with E-state index in [-0.39, 0.29) is 12.5 Å². The minimum Gasteiger partial charge on any atom is -0.497 e. The van der Waals surface area contributed by atoms with E-state index in [1.165, 1.54) is 0 Å². The Hall–Kier alpha value is -2.69. The van der Waals surface area contributed by atoms with Crippen molar-refractivity contribution in [1.82, 2.24) is 5.32 Å². The lowest BCUT2D eigenvalue weighted by Gasteiger charge is -2.14. The first kappa shape index (κ1) is 18.6. The molecule has 0 unspecified atom stereocenters. The second-order valence-corrected chi connectivity index (χ2v) is 5.82. The fraction of sp³-hybridized carbons (Fsp3) is 0.350. The van der Waals surface area contributed by atoms with Gasteiger partial charge in [-0.1, -0.05) is 12.1 Å². The summed E-state index contributed by atoms with van der Waals surface area (Å²) in [6.45, 7) is 6.80. The highest BCUT2D eigenvalue weighted by Gasteiger charge is 2.09. The largest absolute Gasteiger partial charge is 0.497 e. The molecule has 0 heterocycles. The number of carbonyl (C=O) groups excluding carboxylic acids is 1. The van der Waals surface area contributed by atoms with E-state index in [4.69, 9.17) is 14.2 Å². The van der Waals surface area contributed by atoms with Crippen molar-refractivity contribution in [3.05, 3.63) is 53.1 Å². The molecular formula is C20H25NO4. The Morgan fingerprint density at radius 1 is 0.920 bits per heavy atom. The molecule has 5 heteroatoms. The van der Waals surface area contributed by atoms with E-state index in [9.17, 15) is 4.79 Å². The number of carbonyl (C=O) groups is 1. The molecule has 2 rings (SSSR count). The van der Waals surface area contributed by atoms with Crippen LogP contribution in [0.5, 0.6) is 17.2 Å². The smallest absolute Gasteiger partial charge is 0.258 e. The lowest BCUT2D eigenvalue weighted by atomic mass is 10.1. The number of methoxy groups -OCH3 is 1. The summed E-state index contributed by atoms with van der Waals surface area (Å²) in [5.74, 6) is 2.13. The van der Waals surface area contributed by atoms with Crippen LogP contribution < -0.4 is 19.5 Å². The number of hydrogen-bond donors (Lipinski definition) is 1. The molecule has 0 aliphatic carbocycles. The first-order valence-corrected chi connectivity index (χ1v) is 8.24. The van der Waals surface area contributed by atoms with Gasteiger partial charge in [0.15, 0.2) is 6.61 Å². The Balaban J connectivity index is 1.71. The predicted octanol–water partition coefficient (Wildman–Crippen LogP) is 3.19. The Morgan fingerprint density at radius 3 is 2.24 bits per heavy atom. The van der Waals surface area contributed by atoms with Gasteiger partial charge in [-0.2, -0.15) is 0 Å². The van der Waals surface area contributed by atoms with Crippen molar-refractivity contribution in [3.63, 3.8) is 0 Å². The van der Waals surface area contributed by atoms with Gasteiger partial charge < -0.3 is 19.5 Å². The van der Waals surface area contributed by atoms with Crippen LogP contribution >= 0.6 is 0 Å². The van der Waals surface area contributed by atoms with Gasteiger partial charge in [0.2, 0.25) is 0 Å². The number of rotatable bonds is 8. The van der Waals surface area contributed by atoms with Gasteiger partial charge in [-0.25, -0.2) is 0 Å². The molecule has 25 heavy (non-hydrogen) atoms. The monoisotopic (exact) mass is 343 g/mol. The highest BCUT2D eigenvalue weighted by molar-refractivity contribution is 5.77. The highest BCUT2D eigenvalue weighted by atomic mass is 16.5. The maximum Gasteiger partial charge on any atom is 0.258 e. The minimum absolute atomic E-state index is 0.00628. The summed E-state index contributed by atoms with van der Waals surface area (Å²) in [6.07, 6.45) is 0. The summed E-state index contributed by atoms with van der Waals surface area (Å²) in [5.41, 5.74) is 3.24. The number of nitrogens with one attached hydrogen (secondary N) is 1. The van der Waals surface area contributed by atoms with E-state index in [2.05, 4.69) is 5.32 Å². The van der Waals surface area contributed by atoms with Gasteiger partial charge in [0.05, 0.1) is 13.7 Å². The molecule has 1 amide bonds. The topological polar surface area (TPSA) is 56.8 Å². The lowest BCUT2D eigenvalue weighted by molar-refractivity contribution is -0.123. The maximum atomic E-state index is 11.9. The van der Waals surface area contributed by atoms with Crippen molar-refractivity contribution in [2.75, 3.05) is 26.9 Å². The van der Waals surface area contributed by atoms with Gasteiger partial charge >= 0.3 is 0 Å². The molecule has 0 saturated heterocycles. The molecule has 134 valence electrons. The van der Waals surface area contributed by atoms with Crippen molar-refractivity contribution < 1.29 is 19.0 Å². The van der Waals surface area contributed by atoms with Crippen LogP contribution in [0.4, 0.5) is 0 Å². The highest BCUT2D eigenvalue weighted by Crippen LogP contribution is 2.25. The first-order valence-electron chi connectivity index (χ1n) is 8.24. The molecule has 0 atom stereocenters. The van der Waals surface area contributed by atoms with E-state index in [1.807, 2.05) is 57.2 Å². The average Bonchev–Trinajstić information content (AvgIpc) is 2.62. The number of ether oxygens (including phenoxy) is 3. The van der Waals surface area contributed by atoms with E-state index < -0.39 is 0 Å². The summed E-state index contributed by atoms with van der Waals surface area (Å²) in [7, 11) is 1.62. The molecule has 2 aromatic rings. The van der Waals surface area contributed by atoms with Crippen molar-refractivity contribution in [3.8, 4) is 17.2 Å². The van der Waals surface area contributed by atoms with Crippen molar-refractivity contribution in [2.24, 2.45) is 0 Å². The summed E-state index contributed by atoms with van der Waals surface area (Å²) in [5, 5.41) is 2.79. The standard InChI is InChI=1S/C20H25NO4/c1-14-5-6-15(2)20(16(14)3)25-13-19(22)21-11-12-24-18-9-7-17(23-4)8-10-18/h5-10H,11-13H2,1-4H3,(H,21,22). The predicted molar refractivity (Wildman–Crippen MR) is 97.6 cm³/mol. The SMILES string of the molecule is COc1ccc(OCCNC(=O)COc2c(C)ccc(C)c2C)cc1. The van der Waals surface area contributed by atoms with E-state index in [0.717, 1.165) is 33.9 Å². The fourth-order valence-electron chi connectivity index (χ4n) is 2.37. The van der Waals surface area contributed by atoms with Gasteiger partial charge in [0.25, 0.3) is 5.91 Å². The molecule has 0 saturated carbocycles. The van der Waals surface area contributed by atoms with Gasteiger partial charge in [-0.15, -0.1) is 0 Å². The van der Waals surface area contributed by atoms with Crippen LogP contribution in [0.25, 0.3) is 0 Å². The third-order valence-corrected chi connectivity index (χ3v) is 3.97. The van der Waals surface area contributed by atoms with Gasteiger partial charge in [0.1, 0.15) is 23.9 Å². The van der Waals surface area contributed by atoms with Crippen molar-refractivity contribution in [2.45, 2.75) is 20.8 Å². The number of hydrogen-bond acceptors (Lipinski definition) is 4. The number of amides is 1. The molecule has 0 aromatic heterocycles.